The lowest BCUT2D eigenvalue weighted by atomic mass is 10.1. The quantitative estimate of drug-likeness (QED) is 0.0155. The number of unbranched alkanes of at least 4 members (excludes halogenated alkanes) is 15. The summed E-state index contributed by atoms with van der Waals surface area (Å²) in [5.41, 5.74) is 0. The normalized spacial score (nSPS) is 14.7. The molecule has 2 N–H and O–H groups in total. The van der Waals surface area contributed by atoms with Crippen molar-refractivity contribution < 1.29 is 47.2 Å². The van der Waals surface area contributed by atoms with Crippen LogP contribution in [0.4, 0.5) is 0 Å². The number of esters is 2. The molecule has 3 atom stereocenters. The Balaban J connectivity index is 4.44. The zero-order chi connectivity index (χ0) is 42.3. The summed E-state index contributed by atoms with van der Waals surface area (Å²) in [6.07, 6.45) is 41.6. The van der Waals surface area contributed by atoms with Gasteiger partial charge in [-0.1, -0.05) is 139 Å². The van der Waals surface area contributed by atoms with Gasteiger partial charge in [0.05, 0.1) is 33.9 Å². The highest BCUT2D eigenvalue weighted by molar-refractivity contribution is 7.47. The minimum atomic E-state index is -4.40. The SMILES string of the molecule is CC/C=C/CC(O)/C=C/C=C/CCCCCCCC(=O)OC[C@H](COP(=O)(O)OCC[N+](C)(C)C)OC(=O)CCCCCCCCC/C=C\C/C=C\CCCCC. The molecule has 0 saturated carbocycles. The number of likely N-dealkylation sites (N-methyl/N-ethyl adjacent to an activating group) is 1. The molecule has 330 valence electrons. The predicted octanol–water partition coefficient (Wildman–Crippen LogP) is 11.4. The van der Waals surface area contributed by atoms with Crippen LogP contribution in [0, 0.1) is 0 Å². The van der Waals surface area contributed by atoms with Crippen molar-refractivity contribution in [2.75, 3.05) is 47.5 Å². The van der Waals surface area contributed by atoms with E-state index in [4.69, 9.17) is 18.5 Å². The molecule has 0 aliphatic rings. The Labute approximate surface area is 348 Å². The molecular formula is C46H83NO9P+. The fraction of sp³-hybridized carbons (Fsp3) is 0.739. The number of hydrogen-bond donors (Lipinski definition) is 2. The van der Waals surface area contributed by atoms with Gasteiger partial charge in [-0.05, 0) is 70.6 Å². The number of aliphatic hydroxyl groups excluding tert-OH is 1. The number of rotatable bonds is 39. The standard InChI is InChI=1S/C46H82NO9P/c1-6-8-10-11-12-13-14-15-16-17-18-19-20-23-27-30-34-38-46(50)56-44(42-55-57(51,52)54-40-39-47(3,4)5)41-53-45(49)37-33-29-26-24-21-22-25-28-32-36-43(48)35-31-9-7-2/h9,12-13,15-16,25,28,31-32,36,43-44,48H,6-8,10-11,14,17-24,26-27,29-30,33-35,37-42H2,1-5H3/p+1/b13-12-,16-15-,28-25+,31-9+,36-32+/t43?,44-/m1/s1. The van der Waals surface area contributed by atoms with E-state index in [2.05, 4.69) is 44.2 Å². The van der Waals surface area contributed by atoms with E-state index in [1.165, 1.54) is 44.9 Å². The average molecular weight is 825 g/mol. The molecule has 0 rings (SSSR count). The highest BCUT2D eigenvalue weighted by Crippen LogP contribution is 2.43. The van der Waals surface area contributed by atoms with Crippen molar-refractivity contribution >= 4 is 19.8 Å². The lowest BCUT2D eigenvalue weighted by Crippen LogP contribution is -2.37. The van der Waals surface area contributed by atoms with Crippen molar-refractivity contribution in [2.45, 2.75) is 174 Å². The average Bonchev–Trinajstić information content (AvgIpc) is 3.15. The molecule has 0 aliphatic heterocycles. The summed E-state index contributed by atoms with van der Waals surface area (Å²) in [4.78, 5) is 35.4. The van der Waals surface area contributed by atoms with E-state index < -0.39 is 38.6 Å². The first-order chi connectivity index (χ1) is 27.4. The molecule has 0 radical (unpaired) electrons. The molecule has 0 aromatic heterocycles. The summed E-state index contributed by atoms with van der Waals surface area (Å²) in [6.45, 7) is 4.12. The van der Waals surface area contributed by atoms with E-state index in [-0.39, 0.29) is 26.1 Å². The Kier molecular flexibility index (Phi) is 36.4. The molecule has 0 aliphatic carbocycles. The van der Waals surface area contributed by atoms with E-state index in [1.54, 1.807) is 6.08 Å². The summed E-state index contributed by atoms with van der Waals surface area (Å²) in [5, 5.41) is 9.88. The van der Waals surface area contributed by atoms with Gasteiger partial charge in [0.1, 0.15) is 19.8 Å². The van der Waals surface area contributed by atoms with Gasteiger partial charge in [0, 0.05) is 12.8 Å². The number of phosphoric ester groups is 1. The highest BCUT2D eigenvalue weighted by atomic mass is 31.2. The van der Waals surface area contributed by atoms with Crippen molar-refractivity contribution in [2.24, 2.45) is 0 Å². The molecule has 0 aromatic rings. The van der Waals surface area contributed by atoms with Crippen LogP contribution < -0.4 is 0 Å². The first-order valence-electron chi connectivity index (χ1n) is 22.1. The molecular weight excluding hydrogens is 741 g/mol. The molecule has 0 fully saturated rings. The lowest BCUT2D eigenvalue weighted by molar-refractivity contribution is -0.870. The van der Waals surface area contributed by atoms with E-state index in [1.807, 2.05) is 45.4 Å². The van der Waals surface area contributed by atoms with E-state index in [0.29, 0.717) is 30.3 Å². The Morgan fingerprint density at radius 2 is 1.21 bits per heavy atom. The third kappa shape index (κ3) is 41.6. The van der Waals surface area contributed by atoms with Crippen LogP contribution in [0.25, 0.3) is 0 Å². The van der Waals surface area contributed by atoms with Gasteiger partial charge in [-0.25, -0.2) is 4.57 Å². The molecule has 57 heavy (non-hydrogen) atoms. The smallest absolute Gasteiger partial charge is 0.462 e. The van der Waals surface area contributed by atoms with Crippen LogP contribution >= 0.6 is 7.82 Å². The molecule has 0 amide bonds. The molecule has 0 spiro atoms. The summed E-state index contributed by atoms with van der Waals surface area (Å²) in [5.74, 6) is -0.866. The van der Waals surface area contributed by atoms with Crippen molar-refractivity contribution in [1.29, 1.82) is 0 Å². The van der Waals surface area contributed by atoms with Crippen LogP contribution in [0.3, 0.4) is 0 Å². The maximum absolute atomic E-state index is 12.7. The third-order valence-electron chi connectivity index (χ3n) is 9.11. The lowest BCUT2D eigenvalue weighted by Gasteiger charge is -2.24. The Morgan fingerprint density at radius 3 is 1.81 bits per heavy atom. The van der Waals surface area contributed by atoms with Gasteiger partial charge in [0.2, 0.25) is 0 Å². The molecule has 10 nitrogen and oxygen atoms in total. The molecule has 2 unspecified atom stereocenters. The fourth-order valence-corrected chi connectivity index (χ4v) is 6.35. The number of nitrogens with zero attached hydrogens (tertiary/aromatic N) is 1. The van der Waals surface area contributed by atoms with Gasteiger partial charge in [0.15, 0.2) is 6.10 Å². The number of phosphoric acid groups is 1. The van der Waals surface area contributed by atoms with Crippen molar-refractivity contribution in [3.63, 3.8) is 0 Å². The minimum absolute atomic E-state index is 0.0152. The second-order valence-corrected chi connectivity index (χ2v) is 17.3. The number of allylic oxidation sites excluding steroid dienone is 8. The number of hydrogen-bond acceptors (Lipinski definition) is 8. The van der Waals surface area contributed by atoms with Crippen LogP contribution in [0.1, 0.15) is 162 Å². The van der Waals surface area contributed by atoms with Crippen LogP contribution in [0.5, 0.6) is 0 Å². The minimum Gasteiger partial charge on any atom is -0.462 e. The largest absolute Gasteiger partial charge is 0.472 e. The zero-order valence-corrected chi connectivity index (χ0v) is 37.6. The van der Waals surface area contributed by atoms with Crippen molar-refractivity contribution in [3.05, 3.63) is 60.8 Å². The molecule has 11 heteroatoms. The number of aliphatic hydroxyl groups is 1. The summed E-state index contributed by atoms with van der Waals surface area (Å²) >= 11 is 0. The monoisotopic (exact) mass is 825 g/mol. The molecule has 0 heterocycles. The van der Waals surface area contributed by atoms with Crippen LogP contribution in [0.2, 0.25) is 0 Å². The maximum atomic E-state index is 12.7. The maximum Gasteiger partial charge on any atom is 0.472 e. The number of quaternary nitrogens is 1. The first-order valence-corrected chi connectivity index (χ1v) is 23.6. The second-order valence-electron chi connectivity index (χ2n) is 15.9. The molecule has 0 saturated heterocycles. The predicted molar refractivity (Wildman–Crippen MR) is 235 cm³/mol. The summed E-state index contributed by atoms with van der Waals surface area (Å²) in [7, 11) is 1.42. The van der Waals surface area contributed by atoms with E-state index in [0.717, 1.165) is 70.6 Å². The van der Waals surface area contributed by atoms with Crippen molar-refractivity contribution in [1.82, 2.24) is 0 Å². The van der Waals surface area contributed by atoms with Crippen molar-refractivity contribution in [3.8, 4) is 0 Å². The van der Waals surface area contributed by atoms with E-state index in [9.17, 15) is 24.2 Å². The third-order valence-corrected chi connectivity index (χ3v) is 10.1. The topological polar surface area (TPSA) is 129 Å². The Bertz CT molecular complexity index is 1170. The Morgan fingerprint density at radius 1 is 0.649 bits per heavy atom. The number of ether oxygens (including phenoxy) is 2. The highest BCUT2D eigenvalue weighted by Gasteiger charge is 2.27. The van der Waals surface area contributed by atoms with Gasteiger partial charge in [0.25, 0.3) is 0 Å². The van der Waals surface area contributed by atoms with Crippen LogP contribution in [-0.2, 0) is 32.7 Å². The first kappa shape index (κ1) is 54.7. The number of carbonyl (C=O) groups is 2. The number of carbonyl (C=O) groups excluding carboxylic acids is 2. The summed E-state index contributed by atoms with van der Waals surface area (Å²) in [6, 6.07) is 0. The van der Waals surface area contributed by atoms with Crippen LogP contribution in [0.15, 0.2) is 60.8 Å². The van der Waals surface area contributed by atoms with Gasteiger partial charge in [-0.3, -0.25) is 18.6 Å². The van der Waals surface area contributed by atoms with Gasteiger partial charge < -0.3 is 24.0 Å². The Hall–Kier alpha value is -2.33. The fourth-order valence-electron chi connectivity index (χ4n) is 5.61. The zero-order valence-electron chi connectivity index (χ0n) is 36.7. The second kappa shape index (κ2) is 37.9. The van der Waals surface area contributed by atoms with Gasteiger partial charge in [-0.2, -0.15) is 0 Å². The van der Waals surface area contributed by atoms with Gasteiger partial charge >= 0.3 is 19.8 Å². The van der Waals surface area contributed by atoms with Crippen LogP contribution in [-0.4, -0.2) is 86.1 Å². The molecule has 0 aromatic carbocycles. The molecule has 0 bridgehead atoms. The van der Waals surface area contributed by atoms with Gasteiger partial charge in [-0.15, -0.1) is 0 Å². The summed E-state index contributed by atoms with van der Waals surface area (Å²) < 4.78 is 34.2. The van der Waals surface area contributed by atoms with E-state index >= 15 is 0 Å².